The lowest BCUT2D eigenvalue weighted by Crippen LogP contribution is -2.06. The van der Waals surface area contributed by atoms with Gasteiger partial charge in [-0.1, -0.05) is 12.1 Å². The molecule has 2 heterocycles. The number of benzene rings is 1. The van der Waals surface area contributed by atoms with E-state index in [0.717, 1.165) is 11.3 Å². The average molecular weight is 240 g/mol. The van der Waals surface area contributed by atoms with Gasteiger partial charge < -0.3 is 4.84 Å². The lowest BCUT2D eigenvalue weighted by atomic mass is 10.2. The number of hydrogen-bond donors (Lipinski definition) is 1. The Morgan fingerprint density at radius 2 is 2.17 bits per heavy atom. The van der Waals surface area contributed by atoms with Crippen LogP contribution in [-0.2, 0) is 0 Å². The lowest BCUT2D eigenvalue weighted by molar-refractivity contribution is 0.388. The highest BCUT2D eigenvalue weighted by Crippen LogP contribution is 2.13. The first-order valence-corrected chi connectivity index (χ1v) is 5.59. The largest absolute Gasteiger partial charge is 0.362 e. The van der Waals surface area contributed by atoms with Crippen molar-refractivity contribution >= 4 is 11.3 Å². The molecule has 0 spiro atoms. The van der Waals surface area contributed by atoms with Gasteiger partial charge in [0.15, 0.2) is 0 Å². The van der Waals surface area contributed by atoms with Crippen molar-refractivity contribution in [1.29, 1.82) is 0 Å². The Hall–Kier alpha value is -2.56. The first kappa shape index (κ1) is 10.6. The summed E-state index contributed by atoms with van der Waals surface area (Å²) in [4.78, 5) is 13.7. The third-order valence-electron chi connectivity index (χ3n) is 2.55. The van der Waals surface area contributed by atoms with Gasteiger partial charge >= 0.3 is 0 Å². The van der Waals surface area contributed by atoms with Gasteiger partial charge in [0.1, 0.15) is 12.0 Å². The number of fused-ring (bicyclic) bond motifs is 1. The van der Waals surface area contributed by atoms with Gasteiger partial charge in [0.2, 0.25) is 0 Å². The van der Waals surface area contributed by atoms with E-state index in [2.05, 4.69) is 15.4 Å². The van der Waals surface area contributed by atoms with E-state index in [0.29, 0.717) is 5.88 Å². The van der Waals surface area contributed by atoms with E-state index in [1.54, 1.807) is 18.6 Å². The SMILES string of the molecule is Cc1cccc(NOc2cc3nccn3cn2)c1. The van der Waals surface area contributed by atoms with E-state index in [1.807, 2.05) is 41.8 Å². The van der Waals surface area contributed by atoms with Crippen molar-refractivity contribution < 1.29 is 4.84 Å². The molecule has 0 fully saturated rings. The molecule has 0 atom stereocenters. The van der Waals surface area contributed by atoms with E-state index in [4.69, 9.17) is 4.84 Å². The second-order valence-electron chi connectivity index (χ2n) is 3.99. The summed E-state index contributed by atoms with van der Waals surface area (Å²) in [5, 5.41) is 0. The number of anilines is 1. The summed E-state index contributed by atoms with van der Waals surface area (Å²) < 4.78 is 1.82. The maximum absolute atomic E-state index is 5.41. The summed E-state index contributed by atoms with van der Waals surface area (Å²) in [7, 11) is 0. The molecule has 2 aromatic heterocycles. The van der Waals surface area contributed by atoms with Crippen LogP contribution in [0, 0.1) is 6.92 Å². The van der Waals surface area contributed by atoms with Gasteiger partial charge in [-0.2, -0.15) is 0 Å². The number of nitrogens with one attached hydrogen (secondary N) is 1. The standard InChI is InChI=1S/C13H12N4O/c1-10-3-2-4-11(7-10)16-18-13-8-12-14-5-6-17(12)9-15-13/h2-9,16H,1H3. The smallest absolute Gasteiger partial charge is 0.250 e. The molecule has 0 unspecified atom stereocenters. The Bertz CT molecular complexity index is 677. The molecule has 90 valence electrons. The van der Waals surface area contributed by atoms with Crippen LogP contribution in [0.3, 0.4) is 0 Å². The molecule has 0 aliphatic rings. The molecule has 0 amide bonds. The summed E-state index contributed by atoms with van der Waals surface area (Å²) in [6, 6.07) is 9.68. The van der Waals surface area contributed by atoms with E-state index in [1.165, 1.54) is 5.56 Å². The van der Waals surface area contributed by atoms with Crippen LogP contribution in [0.5, 0.6) is 5.88 Å². The third kappa shape index (κ3) is 2.10. The van der Waals surface area contributed by atoms with Gasteiger partial charge in [0.05, 0.1) is 5.69 Å². The zero-order chi connectivity index (χ0) is 12.4. The summed E-state index contributed by atoms with van der Waals surface area (Å²) in [5.41, 5.74) is 5.71. The highest BCUT2D eigenvalue weighted by atomic mass is 16.7. The van der Waals surface area contributed by atoms with Crippen LogP contribution in [0.25, 0.3) is 5.65 Å². The molecule has 5 nitrogen and oxygen atoms in total. The molecule has 1 aromatic carbocycles. The summed E-state index contributed by atoms with van der Waals surface area (Å²) in [5.74, 6) is 0.482. The monoisotopic (exact) mass is 240 g/mol. The molecule has 3 rings (SSSR count). The van der Waals surface area contributed by atoms with Crippen molar-refractivity contribution in [3.05, 3.63) is 54.6 Å². The number of nitrogens with zero attached hydrogens (tertiary/aromatic N) is 3. The number of aryl methyl sites for hydroxylation is 1. The van der Waals surface area contributed by atoms with Crippen molar-refractivity contribution in [1.82, 2.24) is 14.4 Å². The van der Waals surface area contributed by atoms with Gasteiger partial charge in [-0.15, -0.1) is 0 Å². The lowest BCUT2D eigenvalue weighted by Gasteiger charge is -2.07. The second kappa shape index (κ2) is 4.37. The molecule has 1 N–H and O–H groups in total. The van der Waals surface area contributed by atoms with Gasteiger partial charge in [-0.05, 0) is 24.6 Å². The van der Waals surface area contributed by atoms with E-state index >= 15 is 0 Å². The first-order valence-electron chi connectivity index (χ1n) is 5.59. The molecule has 0 saturated heterocycles. The fourth-order valence-electron chi connectivity index (χ4n) is 1.68. The maximum Gasteiger partial charge on any atom is 0.250 e. The van der Waals surface area contributed by atoms with Gasteiger partial charge in [0.25, 0.3) is 5.88 Å². The molecule has 3 aromatic rings. The van der Waals surface area contributed by atoms with E-state index in [-0.39, 0.29) is 0 Å². The molecule has 18 heavy (non-hydrogen) atoms. The Kier molecular flexibility index (Phi) is 2.57. The Labute approximate surface area is 104 Å². The van der Waals surface area contributed by atoms with Crippen LogP contribution < -0.4 is 10.3 Å². The van der Waals surface area contributed by atoms with Crippen molar-refractivity contribution in [2.75, 3.05) is 5.48 Å². The molecule has 0 radical (unpaired) electrons. The zero-order valence-corrected chi connectivity index (χ0v) is 9.87. The average Bonchev–Trinajstić information content (AvgIpc) is 2.84. The molecule has 0 aliphatic heterocycles. The minimum Gasteiger partial charge on any atom is -0.362 e. The predicted octanol–water partition coefficient (Wildman–Crippen LogP) is 2.44. The third-order valence-corrected chi connectivity index (χ3v) is 2.55. The minimum absolute atomic E-state index is 0.482. The summed E-state index contributed by atoms with van der Waals surface area (Å²) in [6.07, 6.45) is 5.21. The number of aromatic nitrogens is 3. The zero-order valence-electron chi connectivity index (χ0n) is 9.87. The number of rotatable bonds is 3. The molecular weight excluding hydrogens is 228 g/mol. The normalized spacial score (nSPS) is 10.5. The van der Waals surface area contributed by atoms with Crippen molar-refractivity contribution in [3.63, 3.8) is 0 Å². The van der Waals surface area contributed by atoms with Crippen molar-refractivity contribution in [2.45, 2.75) is 6.92 Å². The van der Waals surface area contributed by atoms with E-state index in [9.17, 15) is 0 Å². The van der Waals surface area contributed by atoms with E-state index < -0.39 is 0 Å². The first-order chi connectivity index (χ1) is 8.81. The molecule has 0 aliphatic carbocycles. The second-order valence-corrected chi connectivity index (χ2v) is 3.99. The predicted molar refractivity (Wildman–Crippen MR) is 68.4 cm³/mol. The van der Waals surface area contributed by atoms with Gasteiger partial charge in [-0.3, -0.25) is 4.40 Å². The fourth-order valence-corrected chi connectivity index (χ4v) is 1.68. The summed E-state index contributed by atoms with van der Waals surface area (Å²) in [6.45, 7) is 2.03. The number of hydrogen-bond acceptors (Lipinski definition) is 4. The van der Waals surface area contributed by atoms with Crippen LogP contribution in [0.2, 0.25) is 0 Å². The molecule has 5 heteroatoms. The van der Waals surface area contributed by atoms with Gasteiger partial charge in [-0.25, -0.2) is 15.4 Å². The van der Waals surface area contributed by atoms with Crippen LogP contribution in [-0.4, -0.2) is 14.4 Å². The minimum atomic E-state index is 0.482. The Balaban J connectivity index is 1.76. The highest BCUT2D eigenvalue weighted by molar-refractivity contribution is 5.45. The molecule has 0 bridgehead atoms. The van der Waals surface area contributed by atoms with Crippen molar-refractivity contribution in [2.24, 2.45) is 0 Å². The van der Waals surface area contributed by atoms with Gasteiger partial charge in [0, 0.05) is 18.5 Å². The maximum atomic E-state index is 5.41. The Morgan fingerprint density at radius 3 is 3.06 bits per heavy atom. The van der Waals surface area contributed by atoms with Crippen LogP contribution in [0.15, 0.2) is 49.1 Å². The van der Waals surface area contributed by atoms with Crippen LogP contribution in [0.4, 0.5) is 5.69 Å². The highest BCUT2D eigenvalue weighted by Gasteiger charge is 2.00. The van der Waals surface area contributed by atoms with Crippen molar-refractivity contribution in [3.8, 4) is 5.88 Å². The van der Waals surface area contributed by atoms with Crippen LogP contribution in [0.1, 0.15) is 5.56 Å². The molecular formula is C13H12N4O. The quantitative estimate of drug-likeness (QED) is 0.714. The number of imidazole rings is 1. The topological polar surface area (TPSA) is 51.5 Å². The molecule has 0 saturated carbocycles. The van der Waals surface area contributed by atoms with Crippen LogP contribution >= 0.6 is 0 Å². The Morgan fingerprint density at radius 1 is 1.22 bits per heavy atom. The fraction of sp³-hybridized carbons (Fsp3) is 0.0769. The summed E-state index contributed by atoms with van der Waals surface area (Å²) >= 11 is 0.